The molecule has 20 heavy (non-hydrogen) atoms. The van der Waals surface area contributed by atoms with Gasteiger partial charge in [0.2, 0.25) is 0 Å². The predicted molar refractivity (Wildman–Crippen MR) is 79.1 cm³/mol. The third kappa shape index (κ3) is 3.79. The Labute approximate surface area is 126 Å². The Morgan fingerprint density at radius 3 is 2.60 bits per heavy atom. The van der Waals surface area contributed by atoms with Crippen LogP contribution in [0.2, 0.25) is 0 Å². The monoisotopic (exact) mass is 343 g/mol. The van der Waals surface area contributed by atoms with Gasteiger partial charge in [0, 0.05) is 6.54 Å². The highest BCUT2D eigenvalue weighted by Crippen LogP contribution is 2.26. The standard InChI is InChI=1S/C15H19BrFNO2/c16-12-7-5-6-11(13(12)17)14(19)18-10-15(20)8-3-1-2-4-9-15/h5-7,20H,1-4,8-10H2,(H,18,19). The second-order valence-electron chi connectivity index (χ2n) is 5.42. The molecule has 0 spiro atoms. The smallest absolute Gasteiger partial charge is 0.254 e. The van der Waals surface area contributed by atoms with Gasteiger partial charge in [-0.3, -0.25) is 4.79 Å². The molecule has 0 aromatic heterocycles. The summed E-state index contributed by atoms with van der Waals surface area (Å²) in [5, 5.41) is 13.1. The van der Waals surface area contributed by atoms with Crippen LogP contribution in [0, 0.1) is 5.82 Å². The van der Waals surface area contributed by atoms with Crippen LogP contribution >= 0.6 is 15.9 Å². The largest absolute Gasteiger partial charge is 0.388 e. The van der Waals surface area contributed by atoms with Crippen LogP contribution in [-0.4, -0.2) is 23.2 Å². The average molecular weight is 344 g/mol. The Hall–Kier alpha value is -0.940. The van der Waals surface area contributed by atoms with E-state index in [1.165, 1.54) is 6.07 Å². The maximum atomic E-state index is 13.8. The van der Waals surface area contributed by atoms with Crippen LogP contribution in [0.5, 0.6) is 0 Å². The van der Waals surface area contributed by atoms with Crippen LogP contribution in [0.1, 0.15) is 48.9 Å². The molecular formula is C15H19BrFNO2. The Morgan fingerprint density at radius 1 is 1.30 bits per heavy atom. The number of benzene rings is 1. The van der Waals surface area contributed by atoms with Crippen molar-refractivity contribution in [2.75, 3.05) is 6.54 Å². The Balaban J connectivity index is 1.99. The van der Waals surface area contributed by atoms with Gasteiger partial charge in [0.1, 0.15) is 5.82 Å². The van der Waals surface area contributed by atoms with Crippen LogP contribution in [0.3, 0.4) is 0 Å². The van der Waals surface area contributed by atoms with E-state index in [-0.39, 0.29) is 16.6 Å². The third-order valence-corrected chi connectivity index (χ3v) is 4.42. The van der Waals surface area contributed by atoms with Crippen LogP contribution in [0.25, 0.3) is 0 Å². The van der Waals surface area contributed by atoms with Crippen molar-refractivity contribution < 1.29 is 14.3 Å². The third-order valence-electron chi connectivity index (χ3n) is 3.81. The van der Waals surface area contributed by atoms with Gasteiger partial charge >= 0.3 is 0 Å². The highest BCUT2D eigenvalue weighted by molar-refractivity contribution is 9.10. The molecule has 1 amide bonds. The lowest BCUT2D eigenvalue weighted by Crippen LogP contribution is -2.42. The fraction of sp³-hybridized carbons (Fsp3) is 0.533. The first-order chi connectivity index (χ1) is 9.52. The minimum atomic E-state index is -0.853. The van der Waals surface area contributed by atoms with E-state index in [0.29, 0.717) is 12.8 Å². The summed E-state index contributed by atoms with van der Waals surface area (Å²) >= 11 is 3.06. The summed E-state index contributed by atoms with van der Waals surface area (Å²) in [6.07, 6.45) is 5.56. The normalized spacial score (nSPS) is 18.4. The van der Waals surface area contributed by atoms with E-state index in [0.717, 1.165) is 25.7 Å². The number of carbonyl (C=O) groups is 1. The van der Waals surface area contributed by atoms with Crippen molar-refractivity contribution in [1.29, 1.82) is 0 Å². The highest BCUT2D eigenvalue weighted by Gasteiger charge is 2.28. The van der Waals surface area contributed by atoms with E-state index >= 15 is 0 Å². The Kier molecular flexibility index (Phi) is 5.16. The maximum absolute atomic E-state index is 13.8. The topological polar surface area (TPSA) is 49.3 Å². The van der Waals surface area contributed by atoms with Crippen molar-refractivity contribution >= 4 is 21.8 Å². The summed E-state index contributed by atoms with van der Waals surface area (Å²) in [6.45, 7) is 0.178. The molecule has 1 saturated carbocycles. The molecule has 2 N–H and O–H groups in total. The molecule has 1 aliphatic carbocycles. The summed E-state index contributed by atoms with van der Waals surface area (Å²) in [5.41, 5.74) is -0.856. The molecule has 1 fully saturated rings. The lowest BCUT2D eigenvalue weighted by Gasteiger charge is -2.26. The van der Waals surface area contributed by atoms with Gasteiger partial charge in [-0.15, -0.1) is 0 Å². The van der Waals surface area contributed by atoms with E-state index in [9.17, 15) is 14.3 Å². The Bertz CT molecular complexity index is 485. The zero-order chi connectivity index (χ0) is 14.6. The molecule has 2 rings (SSSR count). The highest BCUT2D eigenvalue weighted by atomic mass is 79.9. The molecule has 0 heterocycles. The van der Waals surface area contributed by atoms with Crippen molar-refractivity contribution in [3.63, 3.8) is 0 Å². The summed E-state index contributed by atoms with van der Waals surface area (Å²) in [5.74, 6) is -1.06. The number of aliphatic hydroxyl groups is 1. The zero-order valence-electron chi connectivity index (χ0n) is 11.3. The molecule has 1 aliphatic rings. The molecule has 1 aromatic carbocycles. The SMILES string of the molecule is O=C(NCC1(O)CCCCCC1)c1cccc(Br)c1F. The van der Waals surface area contributed by atoms with Gasteiger partial charge in [-0.25, -0.2) is 4.39 Å². The molecule has 0 saturated heterocycles. The van der Waals surface area contributed by atoms with Gasteiger partial charge < -0.3 is 10.4 Å². The van der Waals surface area contributed by atoms with Crippen molar-refractivity contribution in [1.82, 2.24) is 5.32 Å². The lowest BCUT2D eigenvalue weighted by molar-refractivity contribution is 0.0246. The van der Waals surface area contributed by atoms with E-state index in [1.807, 2.05) is 0 Å². The minimum absolute atomic E-state index is 0.00315. The second kappa shape index (κ2) is 6.68. The summed E-state index contributed by atoms with van der Waals surface area (Å²) in [7, 11) is 0. The van der Waals surface area contributed by atoms with Crippen LogP contribution < -0.4 is 5.32 Å². The van der Waals surface area contributed by atoms with Crippen molar-refractivity contribution in [3.8, 4) is 0 Å². The number of halogens is 2. The summed E-state index contributed by atoms with van der Waals surface area (Å²) < 4.78 is 14.1. The van der Waals surface area contributed by atoms with Crippen molar-refractivity contribution in [2.24, 2.45) is 0 Å². The summed E-state index contributed by atoms with van der Waals surface area (Å²) in [4.78, 5) is 12.0. The Morgan fingerprint density at radius 2 is 1.95 bits per heavy atom. The van der Waals surface area contributed by atoms with Gasteiger partial charge in [-0.05, 0) is 40.9 Å². The number of nitrogens with one attached hydrogen (secondary N) is 1. The number of carbonyl (C=O) groups excluding carboxylic acids is 1. The van der Waals surface area contributed by atoms with E-state index in [4.69, 9.17) is 0 Å². The molecule has 0 radical (unpaired) electrons. The van der Waals surface area contributed by atoms with Crippen LogP contribution in [0.15, 0.2) is 22.7 Å². The molecular weight excluding hydrogens is 325 g/mol. The van der Waals surface area contributed by atoms with Gasteiger partial charge in [-0.1, -0.05) is 31.7 Å². The molecule has 110 valence electrons. The first-order valence-corrected chi connectivity index (χ1v) is 7.76. The molecule has 0 bridgehead atoms. The van der Waals surface area contributed by atoms with Crippen molar-refractivity contribution in [3.05, 3.63) is 34.1 Å². The molecule has 1 aromatic rings. The van der Waals surface area contributed by atoms with Crippen LogP contribution in [-0.2, 0) is 0 Å². The fourth-order valence-corrected chi connectivity index (χ4v) is 2.95. The van der Waals surface area contributed by atoms with Crippen molar-refractivity contribution in [2.45, 2.75) is 44.1 Å². The van der Waals surface area contributed by atoms with Gasteiger partial charge in [-0.2, -0.15) is 0 Å². The molecule has 3 nitrogen and oxygen atoms in total. The zero-order valence-corrected chi connectivity index (χ0v) is 12.9. The number of hydrogen-bond acceptors (Lipinski definition) is 2. The van der Waals surface area contributed by atoms with Crippen LogP contribution in [0.4, 0.5) is 4.39 Å². The quantitative estimate of drug-likeness (QED) is 0.826. The van der Waals surface area contributed by atoms with Gasteiger partial charge in [0.05, 0.1) is 15.6 Å². The first-order valence-electron chi connectivity index (χ1n) is 6.96. The second-order valence-corrected chi connectivity index (χ2v) is 6.28. The molecule has 0 unspecified atom stereocenters. The molecule has 5 heteroatoms. The lowest BCUT2D eigenvalue weighted by atomic mass is 9.94. The predicted octanol–water partition coefficient (Wildman–Crippen LogP) is 3.40. The first kappa shape index (κ1) is 15.4. The number of amides is 1. The maximum Gasteiger partial charge on any atom is 0.254 e. The van der Waals surface area contributed by atoms with E-state index in [2.05, 4.69) is 21.2 Å². The van der Waals surface area contributed by atoms with E-state index in [1.54, 1.807) is 12.1 Å². The molecule has 0 atom stereocenters. The fourth-order valence-electron chi connectivity index (χ4n) is 2.58. The summed E-state index contributed by atoms with van der Waals surface area (Å²) in [6, 6.07) is 4.60. The average Bonchev–Trinajstić information content (AvgIpc) is 2.65. The number of hydrogen-bond donors (Lipinski definition) is 2. The van der Waals surface area contributed by atoms with Gasteiger partial charge in [0.25, 0.3) is 5.91 Å². The number of rotatable bonds is 3. The van der Waals surface area contributed by atoms with Gasteiger partial charge in [0.15, 0.2) is 0 Å². The molecule has 0 aliphatic heterocycles. The minimum Gasteiger partial charge on any atom is -0.388 e. The van der Waals surface area contributed by atoms with E-state index < -0.39 is 17.3 Å².